The quantitative estimate of drug-likeness (QED) is 0.333. The Bertz CT molecular complexity index is 920. The van der Waals surface area contributed by atoms with Gasteiger partial charge in [-0.1, -0.05) is 29.8 Å². The summed E-state index contributed by atoms with van der Waals surface area (Å²) in [5.74, 6) is 0.400. The number of nitrogens with zero attached hydrogens (tertiary/aromatic N) is 4. The number of rotatable bonds is 3. The Morgan fingerprint density at radius 3 is 2.79 bits per heavy atom. The molecule has 3 aromatic rings. The summed E-state index contributed by atoms with van der Waals surface area (Å²) in [7, 11) is 1.61. The van der Waals surface area contributed by atoms with Gasteiger partial charge in [-0.25, -0.2) is 4.98 Å². The molecule has 0 aliphatic heterocycles. The average molecular weight is 339 g/mol. The highest BCUT2D eigenvalue weighted by molar-refractivity contribution is 6.30. The van der Waals surface area contributed by atoms with Gasteiger partial charge in [-0.3, -0.25) is 14.7 Å². The Hall–Kier alpha value is -3.04. The molecule has 2 heterocycles. The number of hydrogen-bond acceptors (Lipinski definition) is 3. The first-order chi connectivity index (χ1) is 11.7. The number of halogens is 1. The lowest BCUT2D eigenvalue weighted by Crippen LogP contribution is -2.34. The van der Waals surface area contributed by atoms with Crippen molar-refractivity contribution in [1.82, 2.24) is 20.0 Å². The van der Waals surface area contributed by atoms with Gasteiger partial charge in [0.05, 0.1) is 17.9 Å². The smallest absolute Gasteiger partial charge is 0.204 e. The lowest BCUT2D eigenvalue weighted by Gasteiger charge is -2.08. The van der Waals surface area contributed by atoms with Gasteiger partial charge in [-0.05, 0) is 24.3 Å². The van der Waals surface area contributed by atoms with Gasteiger partial charge >= 0.3 is 0 Å². The van der Waals surface area contributed by atoms with E-state index in [-0.39, 0.29) is 0 Å². The van der Waals surface area contributed by atoms with Crippen LogP contribution in [0, 0.1) is 11.5 Å². The van der Waals surface area contributed by atoms with E-state index in [1.165, 1.54) is 0 Å². The van der Waals surface area contributed by atoms with E-state index in [4.69, 9.17) is 16.9 Å². The number of pyridine rings is 1. The molecule has 7 heteroatoms. The predicted octanol–water partition coefficient (Wildman–Crippen LogP) is 2.80. The van der Waals surface area contributed by atoms with Crippen LogP contribution in [0.3, 0.4) is 0 Å². The van der Waals surface area contributed by atoms with Crippen molar-refractivity contribution in [1.29, 1.82) is 5.26 Å². The van der Waals surface area contributed by atoms with Gasteiger partial charge in [0.25, 0.3) is 0 Å². The highest BCUT2D eigenvalue weighted by atomic mass is 35.5. The molecule has 0 unspecified atom stereocenters. The van der Waals surface area contributed by atoms with Crippen molar-refractivity contribution in [3.8, 4) is 17.5 Å². The molecule has 3 rings (SSSR count). The molecule has 6 nitrogen and oxygen atoms in total. The number of hydrogen-bond donors (Lipinski definition) is 2. The molecule has 0 aliphatic carbocycles. The number of nitriles is 1. The summed E-state index contributed by atoms with van der Waals surface area (Å²) in [6.45, 7) is 0.432. The number of guanidine groups is 1. The zero-order chi connectivity index (χ0) is 16.9. The fourth-order valence-corrected chi connectivity index (χ4v) is 2.61. The van der Waals surface area contributed by atoms with Crippen molar-refractivity contribution in [2.75, 3.05) is 7.05 Å². The van der Waals surface area contributed by atoms with E-state index >= 15 is 0 Å². The normalized spacial score (nSPS) is 11.3. The maximum absolute atomic E-state index is 8.72. The molecule has 120 valence electrons. The molecule has 0 fully saturated rings. The van der Waals surface area contributed by atoms with Gasteiger partial charge < -0.3 is 5.32 Å². The second-order valence-electron chi connectivity index (χ2n) is 5.01. The Morgan fingerprint density at radius 2 is 2.08 bits per heavy atom. The monoisotopic (exact) mass is 338 g/mol. The highest BCUT2D eigenvalue weighted by Gasteiger charge is 2.14. The molecule has 0 spiro atoms. The molecule has 1 aromatic carbocycles. The van der Waals surface area contributed by atoms with E-state index in [9.17, 15) is 0 Å². The molecule has 0 atom stereocenters. The van der Waals surface area contributed by atoms with Crippen LogP contribution in [-0.2, 0) is 6.54 Å². The first-order valence-corrected chi connectivity index (χ1v) is 7.68. The van der Waals surface area contributed by atoms with E-state index in [2.05, 4.69) is 20.6 Å². The van der Waals surface area contributed by atoms with E-state index in [0.29, 0.717) is 17.5 Å². The summed E-state index contributed by atoms with van der Waals surface area (Å²) < 4.78 is 2.03. The lowest BCUT2D eigenvalue weighted by molar-refractivity contribution is 0.858. The fourth-order valence-electron chi connectivity index (χ4n) is 2.48. The minimum atomic E-state index is 0.400. The fraction of sp³-hybridized carbons (Fsp3) is 0.118. The molecule has 0 amide bonds. The van der Waals surface area contributed by atoms with E-state index in [0.717, 1.165) is 22.6 Å². The molecule has 0 saturated carbocycles. The summed E-state index contributed by atoms with van der Waals surface area (Å²) in [6, 6.07) is 13.5. The minimum absolute atomic E-state index is 0.400. The molecule has 24 heavy (non-hydrogen) atoms. The molecule has 0 bridgehead atoms. The summed E-state index contributed by atoms with van der Waals surface area (Å²) in [5, 5.41) is 15.0. The van der Waals surface area contributed by atoms with E-state index < -0.39 is 0 Å². The number of nitrogens with one attached hydrogen (secondary N) is 2. The Labute approximate surface area is 144 Å². The molecule has 0 saturated heterocycles. The van der Waals surface area contributed by atoms with Gasteiger partial charge in [0.15, 0.2) is 6.19 Å². The summed E-state index contributed by atoms with van der Waals surface area (Å²) >= 11 is 6.00. The topological polar surface area (TPSA) is 77.5 Å². The molecular formula is C17H15ClN6. The van der Waals surface area contributed by atoms with Crippen molar-refractivity contribution < 1.29 is 0 Å². The number of aromatic nitrogens is 2. The second kappa shape index (κ2) is 7.02. The number of benzene rings is 1. The van der Waals surface area contributed by atoms with Crippen LogP contribution in [0.15, 0.2) is 53.7 Å². The summed E-state index contributed by atoms with van der Waals surface area (Å²) in [4.78, 5) is 8.66. The number of imidazole rings is 1. The second-order valence-corrected chi connectivity index (χ2v) is 5.44. The van der Waals surface area contributed by atoms with Gasteiger partial charge in [0.1, 0.15) is 5.65 Å². The van der Waals surface area contributed by atoms with Crippen LogP contribution in [0.5, 0.6) is 0 Å². The Kier molecular flexibility index (Phi) is 4.64. The highest BCUT2D eigenvalue weighted by Crippen LogP contribution is 2.26. The largest absolute Gasteiger partial charge is 0.350 e. The zero-order valence-corrected chi connectivity index (χ0v) is 13.7. The van der Waals surface area contributed by atoms with Crippen LogP contribution in [0.4, 0.5) is 0 Å². The molecule has 2 N–H and O–H groups in total. The average Bonchev–Trinajstić information content (AvgIpc) is 2.97. The van der Waals surface area contributed by atoms with Crippen molar-refractivity contribution >= 4 is 23.2 Å². The van der Waals surface area contributed by atoms with Crippen molar-refractivity contribution in [3.63, 3.8) is 0 Å². The minimum Gasteiger partial charge on any atom is -0.350 e. The van der Waals surface area contributed by atoms with Crippen molar-refractivity contribution in [3.05, 3.63) is 59.4 Å². The zero-order valence-electron chi connectivity index (χ0n) is 13.0. The van der Waals surface area contributed by atoms with Crippen LogP contribution in [0.25, 0.3) is 16.9 Å². The number of aliphatic imine (C=N–C) groups is 1. The third-order valence-electron chi connectivity index (χ3n) is 3.54. The Morgan fingerprint density at radius 1 is 1.29 bits per heavy atom. The summed E-state index contributed by atoms with van der Waals surface area (Å²) in [6.07, 6.45) is 3.82. The first-order valence-electron chi connectivity index (χ1n) is 7.30. The van der Waals surface area contributed by atoms with Crippen molar-refractivity contribution in [2.24, 2.45) is 4.99 Å². The van der Waals surface area contributed by atoms with Crippen LogP contribution in [0.2, 0.25) is 5.02 Å². The molecular weight excluding hydrogens is 324 g/mol. The van der Waals surface area contributed by atoms with Crippen molar-refractivity contribution in [2.45, 2.75) is 6.54 Å². The standard InChI is InChI=1S/C17H15ClN6/c1-20-17(22-11-19)21-10-14-16(12-5-7-13(18)8-6-12)24-9-3-2-4-15(24)23-14/h2-9H,10H2,1H3,(H2,20,21,22). The summed E-state index contributed by atoms with van der Waals surface area (Å²) in [5.41, 5.74) is 3.69. The maximum Gasteiger partial charge on any atom is 0.204 e. The van der Waals surface area contributed by atoms with Gasteiger partial charge in [0.2, 0.25) is 5.96 Å². The Balaban J connectivity index is 2.02. The number of fused-ring (bicyclic) bond motifs is 1. The predicted molar refractivity (Wildman–Crippen MR) is 94.6 cm³/mol. The molecule has 0 radical (unpaired) electrons. The third kappa shape index (κ3) is 3.16. The maximum atomic E-state index is 8.72. The van der Waals surface area contributed by atoms with Crippen LogP contribution in [-0.4, -0.2) is 22.4 Å². The first kappa shape index (κ1) is 15.8. The van der Waals surface area contributed by atoms with Gasteiger partial charge in [0, 0.05) is 23.8 Å². The van der Waals surface area contributed by atoms with Crippen LogP contribution >= 0.6 is 11.6 Å². The van der Waals surface area contributed by atoms with Gasteiger partial charge in [-0.2, -0.15) is 5.26 Å². The van der Waals surface area contributed by atoms with E-state index in [1.807, 2.05) is 59.3 Å². The van der Waals surface area contributed by atoms with Crippen LogP contribution < -0.4 is 10.6 Å². The van der Waals surface area contributed by atoms with Gasteiger partial charge in [-0.15, -0.1) is 0 Å². The van der Waals surface area contributed by atoms with E-state index in [1.54, 1.807) is 7.05 Å². The SMILES string of the molecule is CN=C(NC#N)NCc1nc2ccccn2c1-c1ccc(Cl)cc1. The van der Waals surface area contributed by atoms with Crippen LogP contribution in [0.1, 0.15) is 5.69 Å². The lowest BCUT2D eigenvalue weighted by atomic mass is 10.1. The third-order valence-corrected chi connectivity index (χ3v) is 3.79. The molecule has 2 aromatic heterocycles. The molecule has 0 aliphatic rings.